The maximum Gasteiger partial charge on any atom is 0.339 e. The number of rotatable bonds is 19. The van der Waals surface area contributed by atoms with Gasteiger partial charge in [0.2, 0.25) is 0 Å². The number of hydrogen-bond donors (Lipinski definition) is 2. The van der Waals surface area contributed by atoms with E-state index in [2.05, 4.69) is 27.7 Å². The lowest BCUT2D eigenvalue weighted by Gasteiger charge is -2.12. The summed E-state index contributed by atoms with van der Waals surface area (Å²) in [6.45, 7) is 8.93. The summed E-state index contributed by atoms with van der Waals surface area (Å²) >= 11 is 0. The van der Waals surface area contributed by atoms with Gasteiger partial charge in [-0.3, -0.25) is 0 Å². The summed E-state index contributed by atoms with van der Waals surface area (Å²) < 4.78 is 10.5. The van der Waals surface area contributed by atoms with Crippen LogP contribution in [0.5, 0.6) is 0 Å². The van der Waals surface area contributed by atoms with Crippen molar-refractivity contribution in [2.24, 2.45) is 11.8 Å². The van der Waals surface area contributed by atoms with Crippen LogP contribution in [0.4, 0.5) is 0 Å². The molecule has 8 nitrogen and oxygen atoms in total. The fraction of sp³-hybridized carbons (Fsp3) is 0.655. The second-order valence-corrected chi connectivity index (χ2v) is 10.4. The van der Waals surface area contributed by atoms with Crippen LogP contribution in [0.1, 0.15) is 140 Å². The van der Waals surface area contributed by atoms with Gasteiger partial charge in [0.05, 0.1) is 35.5 Å². The predicted molar refractivity (Wildman–Crippen MR) is 141 cm³/mol. The molecule has 1 aromatic rings. The minimum atomic E-state index is -1.49. The number of esters is 2. The Kier molecular flexibility index (Phi) is 15.2. The molecule has 0 heterocycles. The number of carbonyl (C=O) groups is 4. The number of carboxylic acid groups (broad SMARTS) is 2. The minimum absolute atomic E-state index is 0.108. The highest BCUT2D eigenvalue weighted by molar-refractivity contribution is 6.09. The number of carbonyl (C=O) groups excluding carboxylic acids is 2. The van der Waals surface area contributed by atoms with Gasteiger partial charge in [-0.2, -0.15) is 0 Å². The zero-order valence-electron chi connectivity index (χ0n) is 22.8. The number of benzene rings is 1. The highest BCUT2D eigenvalue weighted by Gasteiger charge is 2.27. The Morgan fingerprint density at radius 3 is 1.24 bits per heavy atom. The molecule has 1 rings (SSSR count). The first kappa shape index (κ1) is 32.1. The second-order valence-electron chi connectivity index (χ2n) is 10.4. The van der Waals surface area contributed by atoms with Crippen LogP contribution in [0.3, 0.4) is 0 Å². The topological polar surface area (TPSA) is 127 Å². The van der Waals surface area contributed by atoms with Crippen LogP contribution in [-0.4, -0.2) is 47.3 Å². The lowest BCUT2D eigenvalue weighted by atomic mass is 9.98. The van der Waals surface area contributed by atoms with Crippen molar-refractivity contribution in [3.63, 3.8) is 0 Å². The standard InChI is InChI=1S/C29H44O8/c1-20(2)14-10-6-5-8-12-16-36-28(34)24-19-25(23(27(32)33)18-22(24)26(30)31)29(35)37-17-13-9-7-11-15-21(3)4/h18-21H,5-17H2,1-4H3,(H,30,31)(H,32,33). The van der Waals surface area contributed by atoms with Gasteiger partial charge in [-0.25, -0.2) is 19.2 Å². The van der Waals surface area contributed by atoms with E-state index < -0.39 is 35.0 Å². The maximum atomic E-state index is 12.7. The maximum absolute atomic E-state index is 12.7. The summed E-state index contributed by atoms with van der Waals surface area (Å²) in [7, 11) is 0. The van der Waals surface area contributed by atoms with Crippen molar-refractivity contribution in [1.29, 1.82) is 0 Å². The van der Waals surface area contributed by atoms with E-state index in [1.807, 2.05) is 0 Å². The summed E-state index contributed by atoms with van der Waals surface area (Å²) in [5.74, 6) is -3.47. The molecule has 0 saturated heterocycles. The van der Waals surface area contributed by atoms with Crippen molar-refractivity contribution < 1.29 is 38.9 Å². The van der Waals surface area contributed by atoms with Crippen LogP contribution >= 0.6 is 0 Å². The van der Waals surface area contributed by atoms with Crippen molar-refractivity contribution >= 4 is 23.9 Å². The van der Waals surface area contributed by atoms with Gasteiger partial charge in [-0.15, -0.1) is 0 Å². The molecule has 0 aromatic heterocycles. The predicted octanol–water partition coefficient (Wildman–Crippen LogP) is 7.00. The summed E-state index contributed by atoms with van der Waals surface area (Å²) in [6, 6.07) is 1.78. The van der Waals surface area contributed by atoms with E-state index in [0.717, 1.165) is 63.5 Å². The van der Waals surface area contributed by atoms with E-state index in [1.54, 1.807) is 0 Å². The molecule has 0 unspecified atom stereocenters. The zero-order valence-corrected chi connectivity index (χ0v) is 22.8. The summed E-state index contributed by atoms with van der Waals surface area (Å²) in [5, 5.41) is 19.1. The molecule has 1 aromatic carbocycles. The molecular weight excluding hydrogens is 476 g/mol. The number of ether oxygens (including phenoxy) is 2. The minimum Gasteiger partial charge on any atom is -0.478 e. The van der Waals surface area contributed by atoms with Crippen LogP contribution < -0.4 is 0 Å². The molecule has 208 valence electrons. The SMILES string of the molecule is CC(C)CCCCCCCOC(=O)c1cc(C(=O)OCCCCCCC(C)C)c(C(=O)O)cc1C(=O)O. The molecule has 0 atom stereocenters. The Bertz CT molecular complexity index is 888. The third kappa shape index (κ3) is 12.8. The highest BCUT2D eigenvalue weighted by atomic mass is 16.5. The monoisotopic (exact) mass is 520 g/mol. The van der Waals surface area contributed by atoms with Gasteiger partial charge in [0.25, 0.3) is 0 Å². The molecule has 0 aliphatic heterocycles. The average molecular weight is 521 g/mol. The van der Waals surface area contributed by atoms with Gasteiger partial charge < -0.3 is 19.7 Å². The van der Waals surface area contributed by atoms with Crippen LogP contribution in [0, 0.1) is 11.8 Å². The molecule has 8 heteroatoms. The van der Waals surface area contributed by atoms with Crippen LogP contribution in [0.25, 0.3) is 0 Å². The normalized spacial score (nSPS) is 11.1. The van der Waals surface area contributed by atoms with Crippen LogP contribution in [-0.2, 0) is 9.47 Å². The van der Waals surface area contributed by atoms with Gasteiger partial charge in [0, 0.05) is 0 Å². The molecule has 2 N–H and O–H groups in total. The summed E-state index contributed by atoms with van der Waals surface area (Å²) in [6.07, 6.45) is 10.7. The first-order valence-electron chi connectivity index (χ1n) is 13.5. The summed E-state index contributed by atoms with van der Waals surface area (Å²) in [4.78, 5) is 48.8. The third-order valence-corrected chi connectivity index (χ3v) is 6.13. The van der Waals surface area contributed by atoms with Crippen molar-refractivity contribution in [1.82, 2.24) is 0 Å². The Balaban J connectivity index is 2.77. The van der Waals surface area contributed by atoms with Gasteiger partial charge in [0.1, 0.15) is 0 Å². The molecular formula is C29H44O8. The highest BCUT2D eigenvalue weighted by Crippen LogP contribution is 2.21. The first-order valence-corrected chi connectivity index (χ1v) is 13.5. The summed E-state index contributed by atoms with van der Waals surface area (Å²) in [5.41, 5.74) is -1.79. The number of carboxylic acids is 2. The van der Waals surface area contributed by atoms with E-state index in [4.69, 9.17) is 9.47 Å². The van der Waals surface area contributed by atoms with Crippen molar-refractivity contribution in [2.45, 2.75) is 98.3 Å². The van der Waals surface area contributed by atoms with E-state index in [1.165, 1.54) is 6.42 Å². The molecule has 0 aliphatic carbocycles. The smallest absolute Gasteiger partial charge is 0.339 e. The van der Waals surface area contributed by atoms with Crippen LogP contribution in [0.15, 0.2) is 12.1 Å². The fourth-order valence-corrected chi connectivity index (χ4v) is 3.97. The first-order chi connectivity index (χ1) is 17.5. The van der Waals surface area contributed by atoms with E-state index >= 15 is 0 Å². The molecule has 0 aliphatic rings. The molecule has 0 fully saturated rings. The molecule has 0 bridgehead atoms. The molecule has 37 heavy (non-hydrogen) atoms. The van der Waals surface area contributed by atoms with Gasteiger partial charge in [-0.1, -0.05) is 85.5 Å². The average Bonchev–Trinajstić information content (AvgIpc) is 2.83. The largest absolute Gasteiger partial charge is 0.478 e. The Hall–Kier alpha value is -2.90. The van der Waals surface area contributed by atoms with E-state index in [9.17, 15) is 29.4 Å². The van der Waals surface area contributed by atoms with Gasteiger partial charge >= 0.3 is 23.9 Å². The second kappa shape index (κ2) is 17.5. The quantitative estimate of drug-likeness (QED) is 0.147. The van der Waals surface area contributed by atoms with Crippen molar-refractivity contribution in [3.05, 3.63) is 34.4 Å². The molecule has 0 saturated carbocycles. The van der Waals surface area contributed by atoms with Gasteiger partial charge in [-0.05, 0) is 36.8 Å². The fourth-order valence-electron chi connectivity index (χ4n) is 3.97. The lowest BCUT2D eigenvalue weighted by molar-refractivity contribution is 0.0479. The Labute approximate surface area is 220 Å². The Morgan fingerprint density at radius 2 is 0.892 bits per heavy atom. The lowest BCUT2D eigenvalue weighted by Crippen LogP contribution is -2.19. The van der Waals surface area contributed by atoms with Gasteiger partial charge in [0.15, 0.2) is 0 Å². The van der Waals surface area contributed by atoms with Crippen LogP contribution in [0.2, 0.25) is 0 Å². The van der Waals surface area contributed by atoms with Crippen molar-refractivity contribution in [2.75, 3.05) is 13.2 Å². The number of hydrogen-bond acceptors (Lipinski definition) is 6. The van der Waals surface area contributed by atoms with Crippen molar-refractivity contribution in [3.8, 4) is 0 Å². The third-order valence-electron chi connectivity index (χ3n) is 6.13. The Morgan fingerprint density at radius 1 is 0.568 bits per heavy atom. The molecule has 0 radical (unpaired) electrons. The van der Waals surface area contributed by atoms with E-state index in [0.29, 0.717) is 24.7 Å². The number of unbranched alkanes of at least 4 members (excludes halogenated alkanes) is 7. The molecule has 0 spiro atoms. The zero-order chi connectivity index (χ0) is 27.8. The molecule has 0 amide bonds. The number of aromatic carboxylic acids is 2. The van der Waals surface area contributed by atoms with E-state index in [-0.39, 0.29) is 24.3 Å².